The monoisotopic (exact) mass is 1170 g/mol. The molecule has 6 aliphatic rings. The molecule has 0 saturated heterocycles. The zero-order valence-corrected chi connectivity index (χ0v) is 53.7. The second-order valence-electron chi connectivity index (χ2n) is 25.8. The van der Waals surface area contributed by atoms with Crippen LogP contribution in [0.25, 0.3) is 68.6 Å². The van der Waals surface area contributed by atoms with E-state index in [0.717, 1.165) is 167 Å². The Balaban J connectivity index is 1.13. The van der Waals surface area contributed by atoms with Gasteiger partial charge in [-0.25, -0.2) is 9.97 Å². The molecular weight excluding hydrogens is 1060 g/mol. The van der Waals surface area contributed by atoms with E-state index in [1.54, 1.807) is 0 Å². The Morgan fingerprint density at radius 1 is 0.314 bits per heavy atom. The van der Waals surface area contributed by atoms with E-state index >= 15 is 0 Å². The number of rotatable bonds is 24. The van der Waals surface area contributed by atoms with Crippen molar-refractivity contribution in [2.45, 2.75) is 271 Å². The van der Waals surface area contributed by atoms with Crippen LogP contribution in [0.15, 0.2) is 60.7 Å². The maximum Gasteiger partial charge on any atom is 0.131 e. The molecule has 0 amide bonds. The van der Waals surface area contributed by atoms with Gasteiger partial charge in [0.25, 0.3) is 0 Å². The van der Waals surface area contributed by atoms with Crippen LogP contribution >= 0.6 is 0 Å². The zero-order valence-electron chi connectivity index (χ0n) is 53.7. The van der Waals surface area contributed by atoms with Gasteiger partial charge in [-0.05, 0) is 147 Å². The molecule has 8 nitrogen and oxygen atoms in total. The van der Waals surface area contributed by atoms with Crippen LogP contribution in [0.4, 0.5) is 0 Å². The summed E-state index contributed by atoms with van der Waals surface area (Å²) >= 11 is 0. The van der Waals surface area contributed by atoms with Gasteiger partial charge >= 0.3 is 0 Å². The largest absolute Gasteiger partial charge is 0.493 e. The molecule has 86 heavy (non-hydrogen) atoms. The van der Waals surface area contributed by atoms with Crippen molar-refractivity contribution in [3.63, 3.8) is 0 Å². The number of aromatic nitrogens is 4. The minimum atomic E-state index is 0.657. The van der Waals surface area contributed by atoms with Crippen molar-refractivity contribution in [2.24, 2.45) is 0 Å². The molecule has 3 aromatic heterocycles. The molecule has 6 aliphatic heterocycles. The van der Waals surface area contributed by atoms with E-state index in [2.05, 4.69) is 109 Å². The number of hydrogen-bond acceptors (Lipinski definition) is 6. The van der Waals surface area contributed by atoms with E-state index in [-0.39, 0.29) is 0 Å². The van der Waals surface area contributed by atoms with Gasteiger partial charge in [-0.15, -0.1) is 0 Å². The van der Waals surface area contributed by atoms with Crippen molar-refractivity contribution in [2.75, 3.05) is 26.4 Å². The number of benzene rings is 2. The molecule has 0 fully saturated rings. The van der Waals surface area contributed by atoms with Crippen LogP contribution in [0.3, 0.4) is 0 Å². The molecule has 5 aromatic rings. The SMILES string of the molecule is CCCCCCCCCCCCCc1cc2c3c(c1)OCCCCCCCCCCOc1cc(CCCCCCCCCCCCC)cc(c1-c1c4nc(cc5ccc([nH]5)c-3c3nc(cc5ccc1[nH]5)C=C3)C=C4)OCCCCCCCCCCO2. The number of aryl methyl sites for hydroxylation is 2. The van der Waals surface area contributed by atoms with Gasteiger partial charge in [0.15, 0.2) is 0 Å². The Morgan fingerprint density at radius 2 is 0.605 bits per heavy atom. The molecule has 2 aromatic carbocycles. The van der Waals surface area contributed by atoms with Gasteiger partial charge in [0.05, 0.1) is 60.3 Å². The number of fused-ring (bicyclic) bond motifs is 22. The topological polar surface area (TPSA) is 94.3 Å². The predicted molar refractivity (Wildman–Crippen MR) is 366 cm³/mol. The quantitative estimate of drug-likeness (QED) is 0.0586. The van der Waals surface area contributed by atoms with Crippen LogP contribution in [0.1, 0.15) is 292 Å². The van der Waals surface area contributed by atoms with Crippen molar-refractivity contribution in [1.29, 1.82) is 0 Å². The summed E-state index contributed by atoms with van der Waals surface area (Å²) < 4.78 is 28.5. The van der Waals surface area contributed by atoms with Crippen LogP contribution in [-0.2, 0) is 12.8 Å². The highest BCUT2D eigenvalue weighted by atomic mass is 16.5. The van der Waals surface area contributed by atoms with Gasteiger partial charge in [-0.1, -0.05) is 219 Å². The minimum absolute atomic E-state index is 0.657. The highest BCUT2D eigenvalue weighted by Gasteiger charge is 2.25. The summed E-state index contributed by atoms with van der Waals surface area (Å²) in [7, 11) is 0. The van der Waals surface area contributed by atoms with Crippen molar-refractivity contribution in [3.8, 4) is 45.3 Å². The van der Waals surface area contributed by atoms with Crippen molar-refractivity contribution in [1.82, 2.24) is 19.9 Å². The van der Waals surface area contributed by atoms with E-state index in [1.165, 1.54) is 191 Å². The molecular formula is C78H110N4O4. The second kappa shape index (κ2) is 37.2. The van der Waals surface area contributed by atoms with E-state index in [9.17, 15) is 0 Å². The molecule has 11 rings (SSSR count). The lowest BCUT2D eigenvalue weighted by molar-refractivity contribution is 0.288. The van der Waals surface area contributed by atoms with Gasteiger partial charge in [0, 0.05) is 33.2 Å². The van der Waals surface area contributed by atoms with Crippen LogP contribution in [0, 0.1) is 0 Å². The molecule has 0 atom stereocenters. The lowest BCUT2D eigenvalue weighted by atomic mass is 9.96. The molecule has 0 unspecified atom stereocenters. The third kappa shape index (κ3) is 20.7. The van der Waals surface area contributed by atoms with Gasteiger partial charge in [0.2, 0.25) is 0 Å². The first-order valence-electron chi connectivity index (χ1n) is 35.6. The molecule has 9 heterocycles. The molecule has 466 valence electrons. The number of hydrogen-bond donors (Lipinski definition) is 2. The molecule has 0 radical (unpaired) electrons. The first-order chi connectivity index (χ1) is 42.6. The third-order valence-corrected chi connectivity index (χ3v) is 18.4. The Hall–Kier alpha value is -5.76. The third-order valence-electron chi connectivity index (χ3n) is 18.4. The average molecular weight is 1170 g/mol. The fraction of sp³-hybridized carbons (Fsp3) is 0.590. The number of H-pyrrole nitrogens is 2. The molecule has 0 saturated carbocycles. The number of aromatic amines is 2. The molecule has 0 aliphatic carbocycles. The van der Waals surface area contributed by atoms with Crippen LogP contribution in [0.5, 0.6) is 23.0 Å². The number of ether oxygens (including phenoxy) is 4. The van der Waals surface area contributed by atoms with Crippen LogP contribution in [-0.4, -0.2) is 46.4 Å². The minimum Gasteiger partial charge on any atom is -0.493 e. The lowest BCUT2D eigenvalue weighted by Crippen LogP contribution is -2.05. The van der Waals surface area contributed by atoms with E-state index in [0.29, 0.717) is 26.4 Å². The van der Waals surface area contributed by atoms with Crippen molar-refractivity contribution < 1.29 is 18.9 Å². The Morgan fingerprint density at radius 3 is 0.919 bits per heavy atom. The van der Waals surface area contributed by atoms with Gasteiger partial charge < -0.3 is 28.9 Å². The van der Waals surface area contributed by atoms with Gasteiger partial charge in [-0.3, -0.25) is 0 Å². The maximum atomic E-state index is 7.13. The summed E-state index contributed by atoms with van der Waals surface area (Å²) in [6.45, 7) is 7.24. The lowest BCUT2D eigenvalue weighted by Gasteiger charge is -2.20. The van der Waals surface area contributed by atoms with Gasteiger partial charge in [0.1, 0.15) is 23.0 Å². The van der Waals surface area contributed by atoms with Crippen LogP contribution in [0.2, 0.25) is 0 Å². The first-order valence-corrected chi connectivity index (χ1v) is 35.6. The summed E-state index contributed by atoms with van der Waals surface area (Å²) in [6, 6.07) is 22.5. The summed E-state index contributed by atoms with van der Waals surface area (Å²) in [5.41, 5.74) is 13.9. The zero-order chi connectivity index (χ0) is 59.1. The van der Waals surface area contributed by atoms with Crippen LogP contribution < -0.4 is 18.9 Å². The Bertz CT molecular complexity index is 2760. The number of unbranched alkanes of at least 4 members (excludes halogenated alkanes) is 20. The van der Waals surface area contributed by atoms with E-state index in [1.807, 2.05) is 0 Å². The summed E-state index contributed by atoms with van der Waals surface area (Å²) in [5.74, 6) is 3.59. The average Bonchev–Trinajstić information content (AvgIpc) is 2.18. The Kier molecular flexibility index (Phi) is 28.0. The molecule has 0 spiro atoms. The predicted octanol–water partition coefficient (Wildman–Crippen LogP) is 23.5. The standard InChI is InChI=1S/C78H110N4O4/c1-3-5-7-9-11-13-15-17-23-29-35-41-61-55-71-77-72(56-61)84-52-38-32-26-20-22-28-34-40-54-86-74-58-62(42-36-30-24-18-16-14-12-10-8-6-4-2)57-73(85-53-39-33-27-21-19-25-31-37-51-83-71)78(74)76-69-49-45-65(81-69)59-63-43-47-67(79-63)75(77)68-48-44-64(80-68)60-66-46-50-70(76)82-66/h43-50,55-60,79,82H,3-42,51-54H2,1-2H3. The second-order valence-corrected chi connectivity index (χ2v) is 25.8. The highest BCUT2D eigenvalue weighted by Crippen LogP contribution is 2.46. The fourth-order valence-corrected chi connectivity index (χ4v) is 13.4. The van der Waals surface area contributed by atoms with E-state index < -0.39 is 0 Å². The number of nitrogens with one attached hydrogen (secondary N) is 2. The maximum absolute atomic E-state index is 7.13. The van der Waals surface area contributed by atoms with Crippen molar-refractivity contribution in [3.05, 3.63) is 94.6 Å². The molecule has 2 N–H and O–H groups in total. The Labute approximate surface area is 519 Å². The highest BCUT2D eigenvalue weighted by molar-refractivity contribution is 5.97. The summed E-state index contributed by atoms with van der Waals surface area (Å²) in [4.78, 5) is 18.8. The molecule has 12 bridgehead atoms. The normalized spacial score (nSPS) is 15.6. The smallest absolute Gasteiger partial charge is 0.131 e. The summed E-state index contributed by atoms with van der Waals surface area (Å²) in [5, 5.41) is 0. The van der Waals surface area contributed by atoms with Crippen molar-refractivity contribution >= 4 is 46.4 Å². The fourth-order valence-electron chi connectivity index (χ4n) is 13.4. The summed E-state index contributed by atoms with van der Waals surface area (Å²) in [6.07, 6.45) is 58.4. The molecule has 8 heteroatoms. The first kappa shape index (κ1) is 64.7. The number of nitrogens with zero attached hydrogens (tertiary/aromatic N) is 2. The van der Waals surface area contributed by atoms with E-state index in [4.69, 9.17) is 28.9 Å². The van der Waals surface area contributed by atoms with Gasteiger partial charge in [-0.2, -0.15) is 0 Å².